The van der Waals surface area contributed by atoms with Gasteiger partial charge in [-0.1, -0.05) is 45.0 Å². The zero-order valence-corrected chi connectivity index (χ0v) is 11.6. The van der Waals surface area contributed by atoms with Crippen molar-refractivity contribution < 1.29 is 26.3 Å². The van der Waals surface area contributed by atoms with Gasteiger partial charge in [-0.2, -0.15) is 26.3 Å². The molecule has 0 aliphatic rings. The second-order valence-electron chi connectivity index (χ2n) is 5.95. The minimum absolute atomic E-state index is 0.166. The van der Waals surface area contributed by atoms with Gasteiger partial charge in [0.25, 0.3) is 0 Å². The molecule has 0 bridgehead atoms. The highest BCUT2D eigenvalue weighted by Gasteiger charge is 2.68. The molecule has 0 aliphatic heterocycles. The quantitative estimate of drug-likeness (QED) is 0.612. The van der Waals surface area contributed by atoms with Crippen molar-refractivity contribution in [3.63, 3.8) is 0 Å². The predicted octanol–water partition coefficient (Wildman–Crippen LogP) is 5.37. The summed E-state index contributed by atoms with van der Waals surface area (Å²) in [5.74, 6) is 0. The molecule has 114 valence electrons. The number of halogens is 6. The largest absolute Gasteiger partial charge is 0.406 e. The Bertz CT molecular complexity index is 444. The van der Waals surface area contributed by atoms with Gasteiger partial charge in [0, 0.05) is 0 Å². The molecule has 0 unspecified atom stereocenters. The highest BCUT2D eigenvalue weighted by molar-refractivity contribution is 5.34. The topological polar surface area (TPSA) is 0 Å². The molecule has 0 spiro atoms. The van der Waals surface area contributed by atoms with Gasteiger partial charge in [-0.15, -0.1) is 0 Å². The number of alkyl halides is 6. The van der Waals surface area contributed by atoms with Crippen LogP contribution in [0.3, 0.4) is 0 Å². The predicted molar refractivity (Wildman–Crippen MR) is 64.6 cm³/mol. The van der Waals surface area contributed by atoms with E-state index in [-0.39, 0.29) is 12.3 Å². The summed E-state index contributed by atoms with van der Waals surface area (Å²) < 4.78 is 77.4. The van der Waals surface area contributed by atoms with Crippen LogP contribution in [0.2, 0.25) is 0 Å². The summed E-state index contributed by atoms with van der Waals surface area (Å²) in [6.07, 6.45) is -10.8. The molecular weight excluding hydrogens is 282 g/mol. The van der Waals surface area contributed by atoms with Gasteiger partial charge in [0.2, 0.25) is 0 Å². The lowest BCUT2D eigenvalue weighted by molar-refractivity contribution is -0.297. The summed E-state index contributed by atoms with van der Waals surface area (Å²) in [6.45, 7) is 5.65. The lowest BCUT2D eigenvalue weighted by atomic mass is 9.78. The van der Waals surface area contributed by atoms with Gasteiger partial charge >= 0.3 is 12.4 Å². The van der Waals surface area contributed by atoms with Crippen molar-refractivity contribution in [1.29, 1.82) is 0 Å². The van der Waals surface area contributed by atoms with E-state index in [0.717, 1.165) is 12.1 Å². The van der Waals surface area contributed by atoms with E-state index in [1.54, 1.807) is 0 Å². The molecule has 0 atom stereocenters. The van der Waals surface area contributed by atoms with Crippen LogP contribution in [-0.2, 0) is 10.8 Å². The molecule has 0 radical (unpaired) electrons. The van der Waals surface area contributed by atoms with Crippen LogP contribution in [0.1, 0.15) is 38.8 Å². The van der Waals surface area contributed by atoms with E-state index >= 15 is 0 Å². The molecule has 0 aromatic heterocycles. The molecule has 0 N–H and O–H groups in total. The van der Waals surface area contributed by atoms with Crippen LogP contribution >= 0.6 is 0 Å². The van der Waals surface area contributed by atoms with E-state index in [4.69, 9.17) is 0 Å². The fourth-order valence-corrected chi connectivity index (χ4v) is 1.79. The minimum Gasteiger partial charge on any atom is -0.170 e. The summed E-state index contributed by atoms with van der Waals surface area (Å²) in [7, 11) is 0. The Morgan fingerprint density at radius 1 is 0.600 bits per heavy atom. The summed E-state index contributed by atoms with van der Waals surface area (Å²) >= 11 is 0. The van der Waals surface area contributed by atoms with Crippen LogP contribution in [0, 0.1) is 0 Å². The van der Waals surface area contributed by atoms with Crippen LogP contribution in [0.5, 0.6) is 0 Å². The Kier molecular flexibility index (Phi) is 3.93. The second-order valence-corrected chi connectivity index (χ2v) is 5.95. The molecule has 0 saturated carbocycles. The van der Waals surface area contributed by atoms with E-state index in [0.29, 0.717) is 5.56 Å². The smallest absolute Gasteiger partial charge is 0.170 e. The summed E-state index contributed by atoms with van der Waals surface area (Å²) in [5, 5.41) is 0. The van der Waals surface area contributed by atoms with Gasteiger partial charge in [-0.25, -0.2) is 0 Å². The van der Waals surface area contributed by atoms with Crippen LogP contribution in [0.25, 0.3) is 0 Å². The fraction of sp³-hybridized carbons (Fsp3) is 0.571. The normalized spacial score (nSPS) is 14.5. The Morgan fingerprint density at radius 2 is 0.900 bits per heavy atom. The van der Waals surface area contributed by atoms with Crippen molar-refractivity contribution in [2.45, 2.75) is 50.9 Å². The van der Waals surface area contributed by atoms with Crippen molar-refractivity contribution in [1.82, 2.24) is 0 Å². The van der Waals surface area contributed by atoms with Gasteiger partial charge in [-0.3, -0.25) is 0 Å². The maximum Gasteiger partial charge on any atom is 0.406 e. The zero-order valence-electron chi connectivity index (χ0n) is 11.6. The summed E-state index contributed by atoms with van der Waals surface area (Å²) in [5.41, 5.74) is -4.33. The molecule has 1 aromatic rings. The second kappa shape index (κ2) is 4.67. The van der Waals surface area contributed by atoms with Crippen molar-refractivity contribution in [2.75, 3.05) is 0 Å². The molecule has 6 heteroatoms. The van der Waals surface area contributed by atoms with Gasteiger partial charge in [0.1, 0.15) is 0 Å². The van der Waals surface area contributed by atoms with E-state index in [1.807, 2.05) is 20.8 Å². The third-order valence-corrected chi connectivity index (χ3v) is 3.46. The summed E-state index contributed by atoms with van der Waals surface area (Å²) in [6, 6.07) is 4.43. The first kappa shape index (κ1) is 16.9. The molecular formula is C14H16F6. The molecule has 0 saturated heterocycles. The Morgan fingerprint density at radius 3 is 1.15 bits per heavy atom. The van der Waals surface area contributed by atoms with Crippen molar-refractivity contribution in [3.05, 3.63) is 35.4 Å². The number of benzene rings is 1. The van der Waals surface area contributed by atoms with E-state index in [1.165, 1.54) is 12.1 Å². The Balaban J connectivity index is 3.39. The monoisotopic (exact) mass is 298 g/mol. The van der Waals surface area contributed by atoms with Crippen LogP contribution < -0.4 is 0 Å². The van der Waals surface area contributed by atoms with Gasteiger partial charge in [-0.05, 0) is 23.5 Å². The molecule has 1 aromatic carbocycles. The molecule has 1 rings (SSSR count). The fourth-order valence-electron chi connectivity index (χ4n) is 1.79. The molecule has 0 amide bonds. The van der Waals surface area contributed by atoms with Gasteiger partial charge < -0.3 is 0 Å². The first-order valence-corrected chi connectivity index (χ1v) is 5.96. The standard InChI is InChI=1S/C14H16F6/c1-11(2,3)9-5-7-10(8-6-9)12(4,13(15,16)17)14(18,19)20/h5-8H,1-4H3. The zero-order chi connectivity index (χ0) is 16.0. The highest BCUT2D eigenvalue weighted by Crippen LogP contribution is 2.51. The first-order chi connectivity index (χ1) is 8.71. The van der Waals surface area contributed by atoms with Crippen molar-refractivity contribution >= 4 is 0 Å². The molecule has 0 fully saturated rings. The van der Waals surface area contributed by atoms with Crippen LogP contribution in [0.15, 0.2) is 24.3 Å². The van der Waals surface area contributed by atoms with E-state index in [2.05, 4.69) is 0 Å². The Hall–Kier alpha value is -1.20. The molecule has 0 nitrogen and oxygen atoms in total. The first-order valence-electron chi connectivity index (χ1n) is 5.96. The van der Waals surface area contributed by atoms with Crippen LogP contribution in [0.4, 0.5) is 26.3 Å². The maximum absolute atomic E-state index is 12.9. The average Bonchev–Trinajstić information content (AvgIpc) is 2.24. The lowest BCUT2D eigenvalue weighted by Crippen LogP contribution is -2.51. The van der Waals surface area contributed by atoms with Crippen LogP contribution in [-0.4, -0.2) is 12.4 Å². The van der Waals surface area contributed by atoms with Crippen molar-refractivity contribution in [2.24, 2.45) is 0 Å². The third kappa shape index (κ3) is 2.79. The highest BCUT2D eigenvalue weighted by atomic mass is 19.4. The number of hydrogen-bond donors (Lipinski definition) is 0. The molecule has 0 heterocycles. The lowest BCUT2D eigenvalue weighted by Gasteiger charge is -2.34. The van der Waals surface area contributed by atoms with E-state index < -0.39 is 23.3 Å². The number of hydrogen-bond acceptors (Lipinski definition) is 0. The maximum atomic E-state index is 12.9. The summed E-state index contributed by atoms with van der Waals surface area (Å²) in [4.78, 5) is 0. The Labute approximate surface area is 113 Å². The molecule has 0 aliphatic carbocycles. The number of rotatable bonds is 1. The van der Waals surface area contributed by atoms with Gasteiger partial charge in [0.05, 0.1) is 0 Å². The third-order valence-electron chi connectivity index (χ3n) is 3.46. The average molecular weight is 298 g/mol. The minimum atomic E-state index is -5.41. The van der Waals surface area contributed by atoms with Crippen molar-refractivity contribution in [3.8, 4) is 0 Å². The van der Waals surface area contributed by atoms with E-state index in [9.17, 15) is 26.3 Å². The SMILES string of the molecule is CC(C)(C)c1ccc(C(C)(C(F)(F)F)C(F)(F)F)cc1. The molecule has 20 heavy (non-hydrogen) atoms. The van der Waals surface area contributed by atoms with Gasteiger partial charge in [0.15, 0.2) is 5.41 Å².